The van der Waals surface area contributed by atoms with Gasteiger partial charge in [-0.15, -0.1) is 0 Å². The van der Waals surface area contributed by atoms with Gasteiger partial charge in [-0.25, -0.2) is 4.98 Å². The third kappa shape index (κ3) is 3.48. The number of para-hydroxylation sites is 1. The number of rotatable bonds is 5. The summed E-state index contributed by atoms with van der Waals surface area (Å²) in [5.74, 6) is 2.56. The highest BCUT2D eigenvalue weighted by Crippen LogP contribution is 2.24. The number of hydrogen-bond acceptors (Lipinski definition) is 6. The Kier molecular flexibility index (Phi) is 4.23. The van der Waals surface area contributed by atoms with Crippen LogP contribution in [0.2, 0.25) is 0 Å². The highest BCUT2D eigenvalue weighted by Gasteiger charge is 2.08. The SMILES string of the molecule is CCc1cccc(C)c1Nc1nccc(Nc2cc(C)on2)n1. The Morgan fingerprint density at radius 2 is 1.96 bits per heavy atom. The van der Waals surface area contributed by atoms with Crippen molar-refractivity contribution in [1.29, 1.82) is 0 Å². The largest absolute Gasteiger partial charge is 0.360 e. The Bertz CT molecular complexity index is 812. The zero-order chi connectivity index (χ0) is 16.2. The fourth-order valence-electron chi connectivity index (χ4n) is 2.36. The second-order valence-electron chi connectivity index (χ2n) is 5.30. The van der Waals surface area contributed by atoms with Gasteiger partial charge in [-0.2, -0.15) is 4.98 Å². The summed E-state index contributed by atoms with van der Waals surface area (Å²) in [5.41, 5.74) is 3.46. The van der Waals surface area contributed by atoms with E-state index in [1.54, 1.807) is 12.3 Å². The summed E-state index contributed by atoms with van der Waals surface area (Å²) in [6.45, 7) is 6.04. The van der Waals surface area contributed by atoms with Gasteiger partial charge in [0, 0.05) is 18.0 Å². The second-order valence-corrected chi connectivity index (χ2v) is 5.30. The van der Waals surface area contributed by atoms with Gasteiger partial charge >= 0.3 is 0 Å². The van der Waals surface area contributed by atoms with Gasteiger partial charge in [0.15, 0.2) is 5.82 Å². The first-order valence-corrected chi connectivity index (χ1v) is 7.54. The lowest BCUT2D eigenvalue weighted by atomic mass is 10.1. The third-order valence-corrected chi connectivity index (χ3v) is 3.52. The van der Waals surface area contributed by atoms with Gasteiger partial charge in [-0.3, -0.25) is 0 Å². The zero-order valence-corrected chi connectivity index (χ0v) is 13.4. The van der Waals surface area contributed by atoms with Crippen LogP contribution < -0.4 is 10.6 Å². The fourth-order valence-corrected chi connectivity index (χ4v) is 2.36. The molecule has 2 N–H and O–H groups in total. The van der Waals surface area contributed by atoms with E-state index < -0.39 is 0 Å². The smallest absolute Gasteiger partial charge is 0.229 e. The lowest BCUT2D eigenvalue weighted by Gasteiger charge is -2.13. The molecule has 118 valence electrons. The van der Waals surface area contributed by atoms with Crippen LogP contribution in [0.1, 0.15) is 23.8 Å². The number of nitrogens with one attached hydrogen (secondary N) is 2. The molecule has 3 aromatic rings. The quantitative estimate of drug-likeness (QED) is 0.738. The topological polar surface area (TPSA) is 75.9 Å². The summed E-state index contributed by atoms with van der Waals surface area (Å²) in [6, 6.07) is 9.84. The minimum atomic E-state index is 0.541. The van der Waals surface area contributed by atoms with Crippen LogP contribution in [-0.2, 0) is 6.42 Å². The molecule has 2 heterocycles. The maximum atomic E-state index is 5.04. The van der Waals surface area contributed by atoms with Crippen LogP contribution in [-0.4, -0.2) is 15.1 Å². The van der Waals surface area contributed by atoms with Gasteiger partial charge < -0.3 is 15.2 Å². The van der Waals surface area contributed by atoms with E-state index in [4.69, 9.17) is 4.52 Å². The van der Waals surface area contributed by atoms with Crippen molar-refractivity contribution in [3.8, 4) is 0 Å². The minimum absolute atomic E-state index is 0.541. The van der Waals surface area contributed by atoms with Crippen molar-refractivity contribution in [3.05, 3.63) is 53.4 Å². The Morgan fingerprint density at radius 1 is 1.09 bits per heavy atom. The number of nitrogens with zero attached hydrogens (tertiary/aromatic N) is 3. The molecule has 0 aliphatic rings. The molecule has 0 radical (unpaired) electrons. The van der Waals surface area contributed by atoms with Crippen LogP contribution in [0.15, 0.2) is 41.1 Å². The lowest BCUT2D eigenvalue weighted by molar-refractivity contribution is 0.400. The van der Waals surface area contributed by atoms with E-state index in [1.807, 2.05) is 13.0 Å². The molecule has 0 fully saturated rings. The number of aromatic nitrogens is 3. The van der Waals surface area contributed by atoms with E-state index in [0.29, 0.717) is 17.6 Å². The van der Waals surface area contributed by atoms with Gasteiger partial charge in [0.2, 0.25) is 5.95 Å². The summed E-state index contributed by atoms with van der Waals surface area (Å²) < 4.78 is 5.04. The Balaban J connectivity index is 1.83. The van der Waals surface area contributed by atoms with Crippen LogP contribution in [0, 0.1) is 13.8 Å². The van der Waals surface area contributed by atoms with Crippen molar-refractivity contribution in [2.75, 3.05) is 10.6 Å². The maximum Gasteiger partial charge on any atom is 0.229 e. The van der Waals surface area contributed by atoms with E-state index in [0.717, 1.165) is 17.9 Å². The van der Waals surface area contributed by atoms with Crippen LogP contribution in [0.25, 0.3) is 0 Å². The maximum absolute atomic E-state index is 5.04. The molecular weight excluding hydrogens is 290 g/mol. The molecule has 6 nitrogen and oxygen atoms in total. The standard InChI is InChI=1S/C17H19N5O/c1-4-13-7-5-6-11(2)16(13)21-17-18-9-8-14(20-17)19-15-10-12(3)23-22-15/h5-10H,4H2,1-3H3,(H2,18,19,20,21,22). The molecule has 0 unspecified atom stereocenters. The molecule has 2 aromatic heterocycles. The van der Waals surface area contributed by atoms with Gasteiger partial charge in [0.1, 0.15) is 11.6 Å². The zero-order valence-electron chi connectivity index (χ0n) is 13.4. The van der Waals surface area contributed by atoms with Gasteiger partial charge in [-0.05, 0) is 37.5 Å². The highest BCUT2D eigenvalue weighted by molar-refractivity contribution is 5.64. The lowest BCUT2D eigenvalue weighted by Crippen LogP contribution is -2.03. The molecule has 0 aliphatic heterocycles. The predicted octanol–water partition coefficient (Wildman–Crippen LogP) is 4.13. The molecule has 0 spiro atoms. The Labute approximate surface area is 135 Å². The van der Waals surface area contributed by atoms with Crippen molar-refractivity contribution in [1.82, 2.24) is 15.1 Å². The molecule has 0 amide bonds. The predicted molar refractivity (Wildman–Crippen MR) is 90.4 cm³/mol. The minimum Gasteiger partial charge on any atom is -0.360 e. The summed E-state index contributed by atoms with van der Waals surface area (Å²) in [5, 5.41) is 10.3. The second kappa shape index (κ2) is 6.48. The summed E-state index contributed by atoms with van der Waals surface area (Å²) >= 11 is 0. The molecule has 0 saturated carbocycles. The van der Waals surface area contributed by atoms with Crippen LogP contribution in [0.5, 0.6) is 0 Å². The summed E-state index contributed by atoms with van der Waals surface area (Å²) in [7, 11) is 0. The van der Waals surface area contributed by atoms with Crippen LogP contribution >= 0.6 is 0 Å². The molecule has 1 aromatic carbocycles. The number of benzene rings is 1. The fraction of sp³-hybridized carbons (Fsp3) is 0.235. The molecule has 0 bridgehead atoms. The molecule has 0 aliphatic carbocycles. The van der Waals surface area contributed by atoms with E-state index in [9.17, 15) is 0 Å². The van der Waals surface area contributed by atoms with Gasteiger partial charge in [0.25, 0.3) is 0 Å². The molecule has 23 heavy (non-hydrogen) atoms. The number of aryl methyl sites for hydroxylation is 3. The van der Waals surface area contributed by atoms with E-state index in [2.05, 4.69) is 57.8 Å². The molecular formula is C17H19N5O. The van der Waals surface area contributed by atoms with Crippen molar-refractivity contribution in [2.45, 2.75) is 27.2 Å². The van der Waals surface area contributed by atoms with Crippen molar-refractivity contribution < 1.29 is 4.52 Å². The first kappa shape index (κ1) is 15.0. The van der Waals surface area contributed by atoms with E-state index in [-0.39, 0.29) is 0 Å². The number of anilines is 4. The van der Waals surface area contributed by atoms with E-state index >= 15 is 0 Å². The molecule has 3 rings (SSSR count). The molecule has 6 heteroatoms. The Morgan fingerprint density at radius 3 is 2.70 bits per heavy atom. The van der Waals surface area contributed by atoms with Crippen molar-refractivity contribution in [2.24, 2.45) is 0 Å². The molecule has 0 atom stereocenters. The first-order valence-electron chi connectivity index (χ1n) is 7.54. The average Bonchev–Trinajstić information content (AvgIpc) is 2.95. The monoisotopic (exact) mass is 309 g/mol. The van der Waals surface area contributed by atoms with Gasteiger partial charge in [-0.1, -0.05) is 30.3 Å². The van der Waals surface area contributed by atoms with Crippen LogP contribution in [0.3, 0.4) is 0 Å². The van der Waals surface area contributed by atoms with Crippen molar-refractivity contribution in [3.63, 3.8) is 0 Å². The highest BCUT2D eigenvalue weighted by atomic mass is 16.5. The normalized spacial score (nSPS) is 10.6. The van der Waals surface area contributed by atoms with Gasteiger partial charge in [0.05, 0.1) is 0 Å². The summed E-state index contributed by atoms with van der Waals surface area (Å²) in [6.07, 6.45) is 2.65. The van der Waals surface area contributed by atoms with Crippen molar-refractivity contribution >= 4 is 23.3 Å². The number of hydrogen-bond donors (Lipinski definition) is 2. The first-order chi connectivity index (χ1) is 11.2. The molecule has 0 saturated heterocycles. The third-order valence-electron chi connectivity index (χ3n) is 3.52. The Hall–Kier alpha value is -2.89. The van der Waals surface area contributed by atoms with E-state index in [1.165, 1.54) is 11.1 Å². The average molecular weight is 309 g/mol. The van der Waals surface area contributed by atoms with Crippen LogP contribution in [0.4, 0.5) is 23.3 Å². The summed E-state index contributed by atoms with van der Waals surface area (Å²) in [4.78, 5) is 8.77.